The lowest BCUT2D eigenvalue weighted by Crippen LogP contribution is -2.32. The Bertz CT molecular complexity index is 946. The fourth-order valence-corrected chi connectivity index (χ4v) is 2.74. The molecular formula is C21H22ClN3O3. The van der Waals surface area contributed by atoms with E-state index in [1.54, 1.807) is 0 Å². The fraction of sp³-hybridized carbons (Fsp3) is 0.286. The van der Waals surface area contributed by atoms with Gasteiger partial charge >= 0.3 is 6.09 Å². The Balaban J connectivity index is 1.59. The molecule has 1 aromatic heterocycles. The number of nitrogens with zero attached hydrogens (tertiary/aromatic N) is 2. The number of amides is 1. The van der Waals surface area contributed by atoms with E-state index in [0.29, 0.717) is 29.7 Å². The van der Waals surface area contributed by atoms with Crippen LogP contribution >= 0.6 is 11.6 Å². The van der Waals surface area contributed by atoms with Crippen LogP contribution in [0.15, 0.2) is 53.1 Å². The molecule has 3 rings (SSSR count). The second kappa shape index (κ2) is 8.44. The van der Waals surface area contributed by atoms with Crippen molar-refractivity contribution in [3.63, 3.8) is 0 Å². The molecule has 1 N–H and O–H groups in total. The van der Waals surface area contributed by atoms with E-state index in [2.05, 4.69) is 15.5 Å². The van der Waals surface area contributed by atoms with Crippen LogP contribution in [0.1, 0.15) is 37.7 Å². The number of aromatic nitrogens is 2. The van der Waals surface area contributed by atoms with Gasteiger partial charge in [0.15, 0.2) is 5.82 Å². The molecule has 0 fully saturated rings. The zero-order valence-corrected chi connectivity index (χ0v) is 16.8. The van der Waals surface area contributed by atoms with Gasteiger partial charge in [0.05, 0.1) is 0 Å². The van der Waals surface area contributed by atoms with Crippen molar-refractivity contribution >= 4 is 17.7 Å². The highest BCUT2D eigenvalue weighted by Crippen LogP contribution is 2.20. The monoisotopic (exact) mass is 399 g/mol. The summed E-state index contributed by atoms with van der Waals surface area (Å²) in [6.45, 7) is 5.85. The third kappa shape index (κ3) is 5.82. The standard InChI is InChI=1S/C21H22ClN3O3/c1-21(2,3)27-20(26)23-13-14-7-9-16(10-8-14)19-24-18(25-28-19)12-15-5-4-6-17(22)11-15/h4-11H,12-13H2,1-3H3,(H,23,26). The molecule has 1 amide bonds. The minimum Gasteiger partial charge on any atom is -0.444 e. The van der Waals surface area contributed by atoms with Crippen molar-refractivity contribution in [2.75, 3.05) is 0 Å². The third-order valence-corrected chi connectivity index (χ3v) is 3.99. The number of carbonyl (C=O) groups is 1. The Hall–Kier alpha value is -2.86. The average molecular weight is 400 g/mol. The average Bonchev–Trinajstić information content (AvgIpc) is 3.07. The minimum atomic E-state index is -0.519. The molecule has 0 saturated heterocycles. The van der Waals surface area contributed by atoms with Crippen LogP contribution in [0.25, 0.3) is 11.5 Å². The molecule has 0 atom stereocenters. The number of carbonyl (C=O) groups excluding carboxylic acids is 1. The number of ether oxygens (including phenoxy) is 1. The first-order valence-corrected chi connectivity index (χ1v) is 9.29. The van der Waals surface area contributed by atoms with E-state index >= 15 is 0 Å². The van der Waals surface area contributed by atoms with Gasteiger partial charge in [-0.3, -0.25) is 0 Å². The van der Waals surface area contributed by atoms with E-state index in [1.807, 2.05) is 69.3 Å². The molecule has 0 bridgehead atoms. The first kappa shape index (κ1) is 19.9. The molecule has 0 aliphatic heterocycles. The Labute approximate surface area is 168 Å². The molecule has 0 spiro atoms. The van der Waals surface area contributed by atoms with Crippen molar-refractivity contribution in [2.45, 2.75) is 39.3 Å². The SMILES string of the molecule is CC(C)(C)OC(=O)NCc1ccc(-c2nc(Cc3cccc(Cl)c3)no2)cc1. The third-order valence-electron chi connectivity index (χ3n) is 3.76. The molecule has 0 aliphatic rings. The summed E-state index contributed by atoms with van der Waals surface area (Å²) < 4.78 is 10.6. The number of halogens is 1. The summed E-state index contributed by atoms with van der Waals surface area (Å²) in [7, 11) is 0. The predicted molar refractivity (Wildman–Crippen MR) is 107 cm³/mol. The van der Waals surface area contributed by atoms with Crippen molar-refractivity contribution in [1.82, 2.24) is 15.5 Å². The Morgan fingerprint density at radius 3 is 2.57 bits per heavy atom. The van der Waals surface area contributed by atoms with Gasteiger partial charge in [0.1, 0.15) is 5.60 Å². The molecule has 1 heterocycles. The van der Waals surface area contributed by atoms with Crippen LogP contribution in [0, 0.1) is 0 Å². The quantitative estimate of drug-likeness (QED) is 0.652. The van der Waals surface area contributed by atoms with Crippen molar-refractivity contribution in [3.8, 4) is 11.5 Å². The summed E-state index contributed by atoms with van der Waals surface area (Å²) >= 11 is 6.01. The van der Waals surface area contributed by atoms with Gasteiger partial charge in [-0.2, -0.15) is 4.98 Å². The van der Waals surface area contributed by atoms with Crippen LogP contribution in [0.4, 0.5) is 4.79 Å². The molecule has 146 valence electrons. The summed E-state index contributed by atoms with van der Waals surface area (Å²) in [5, 5.41) is 7.44. The van der Waals surface area contributed by atoms with Gasteiger partial charge in [0.2, 0.25) is 0 Å². The molecular weight excluding hydrogens is 378 g/mol. The van der Waals surface area contributed by atoms with Crippen molar-refractivity contribution in [3.05, 3.63) is 70.5 Å². The second-order valence-electron chi connectivity index (χ2n) is 7.37. The van der Waals surface area contributed by atoms with Crippen LogP contribution in [0.2, 0.25) is 5.02 Å². The van der Waals surface area contributed by atoms with E-state index in [1.165, 1.54) is 0 Å². The normalized spacial score (nSPS) is 11.3. The second-order valence-corrected chi connectivity index (χ2v) is 7.81. The lowest BCUT2D eigenvalue weighted by Gasteiger charge is -2.19. The molecule has 2 aromatic carbocycles. The van der Waals surface area contributed by atoms with Gasteiger partial charge in [-0.1, -0.05) is 41.0 Å². The highest BCUT2D eigenvalue weighted by Gasteiger charge is 2.16. The van der Waals surface area contributed by atoms with Crippen LogP contribution < -0.4 is 5.32 Å². The molecule has 0 aliphatic carbocycles. The van der Waals surface area contributed by atoms with Gasteiger partial charge in [0.25, 0.3) is 5.89 Å². The van der Waals surface area contributed by atoms with E-state index in [9.17, 15) is 4.79 Å². The summed E-state index contributed by atoms with van der Waals surface area (Å²) in [5.74, 6) is 1.04. The van der Waals surface area contributed by atoms with E-state index in [0.717, 1.165) is 16.7 Å². The first-order valence-electron chi connectivity index (χ1n) is 8.92. The molecule has 7 heteroatoms. The van der Waals surface area contributed by atoms with E-state index < -0.39 is 11.7 Å². The summed E-state index contributed by atoms with van der Waals surface area (Å²) in [5.41, 5.74) is 2.25. The molecule has 3 aromatic rings. The maximum Gasteiger partial charge on any atom is 0.407 e. The van der Waals surface area contributed by atoms with Gasteiger partial charge in [-0.25, -0.2) is 4.79 Å². The van der Waals surface area contributed by atoms with Crippen LogP contribution in [-0.2, 0) is 17.7 Å². The highest BCUT2D eigenvalue weighted by molar-refractivity contribution is 6.30. The topological polar surface area (TPSA) is 77.2 Å². The van der Waals surface area contributed by atoms with Gasteiger partial charge in [0, 0.05) is 23.6 Å². The van der Waals surface area contributed by atoms with Crippen molar-refractivity contribution in [2.24, 2.45) is 0 Å². The largest absolute Gasteiger partial charge is 0.444 e. The summed E-state index contributed by atoms with van der Waals surface area (Å²) in [6.07, 6.45) is 0.0984. The fourth-order valence-electron chi connectivity index (χ4n) is 2.53. The van der Waals surface area contributed by atoms with Gasteiger partial charge in [-0.15, -0.1) is 0 Å². The number of hydrogen-bond donors (Lipinski definition) is 1. The Morgan fingerprint density at radius 2 is 1.89 bits per heavy atom. The maximum absolute atomic E-state index is 11.7. The molecule has 28 heavy (non-hydrogen) atoms. The number of nitrogens with one attached hydrogen (secondary N) is 1. The zero-order chi connectivity index (χ0) is 20.1. The predicted octanol–water partition coefficient (Wildman–Crippen LogP) is 5.01. The summed E-state index contributed by atoms with van der Waals surface area (Å²) in [4.78, 5) is 16.2. The lowest BCUT2D eigenvalue weighted by atomic mass is 10.1. The molecule has 0 saturated carbocycles. The number of benzene rings is 2. The zero-order valence-electron chi connectivity index (χ0n) is 16.0. The molecule has 0 radical (unpaired) electrons. The summed E-state index contributed by atoms with van der Waals surface area (Å²) in [6, 6.07) is 15.1. The smallest absolute Gasteiger partial charge is 0.407 e. The Kier molecular flexibility index (Phi) is 5.99. The van der Waals surface area contributed by atoms with Crippen LogP contribution in [0.3, 0.4) is 0 Å². The van der Waals surface area contributed by atoms with Gasteiger partial charge in [-0.05, 0) is 56.2 Å². The maximum atomic E-state index is 11.7. The van der Waals surface area contributed by atoms with Gasteiger partial charge < -0.3 is 14.6 Å². The van der Waals surface area contributed by atoms with E-state index in [4.69, 9.17) is 20.9 Å². The number of rotatable bonds is 5. The van der Waals surface area contributed by atoms with Crippen molar-refractivity contribution in [1.29, 1.82) is 0 Å². The first-order chi connectivity index (χ1) is 13.3. The van der Waals surface area contributed by atoms with Crippen molar-refractivity contribution < 1.29 is 14.1 Å². The lowest BCUT2D eigenvalue weighted by molar-refractivity contribution is 0.0523. The number of alkyl carbamates (subject to hydrolysis) is 1. The highest BCUT2D eigenvalue weighted by atomic mass is 35.5. The van der Waals surface area contributed by atoms with Crippen LogP contribution in [0.5, 0.6) is 0 Å². The van der Waals surface area contributed by atoms with E-state index in [-0.39, 0.29) is 0 Å². The number of hydrogen-bond acceptors (Lipinski definition) is 5. The Morgan fingerprint density at radius 1 is 1.14 bits per heavy atom. The minimum absolute atomic E-state index is 0.374. The molecule has 0 unspecified atom stereocenters. The molecule has 6 nitrogen and oxygen atoms in total. The van der Waals surface area contributed by atoms with Crippen LogP contribution in [-0.4, -0.2) is 21.8 Å².